The molecule has 0 radical (unpaired) electrons. The summed E-state index contributed by atoms with van der Waals surface area (Å²) in [6.07, 6.45) is 2.10. The van der Waals surface area contributed by atoms with Gasteiger partial charge in [-0.2, -0.15) is 0 Å². The molecule has 20 heavy (non-hydrogen) atoms. The second-order valence-electron chi connectivity index (χ2n) is 5.60. The van der Waals surface area contributed by atoms with Gasteiger partial charge in [0.2, 0.25) is 10.0 Å². The van der Waals surface area contributed by atoms with Gasteiger partial charge in [0.25, 0.3) is 0 Å². The number of rotatable bonds is 4. The summed E-state index contributed by atoms with van der Waals surface area (Å²) in [5.74, 6) is 0.437. The highest BCUT2D eigenvalue weighted by Gasteiger charge is 2.25. The average molecular weight is 297 g/mol. The van der Waals surface area contributed by atoms with Gasteiger partial charge in [0.15, 0.2) is 0 Å². The molecule has 2 rings (SSSR count). The molecule has 1 aliphatic heterocycles. The summed E-state index contributed by atoms with van der Waals surface area (Å²) in [5.41, 5.74) is 6.14. The number of anilines is 1. The zero-order valence-corrected chi connectivity index (χ0v) is 12.9. The van der Waals surface area contributed by atoms with Gasteiger partial charge in [-0.15, -0.1) is 0 Å². The first-order chi connectivity index (χ1) is 9.39. The number of hydrogen-bond donors (Lipinski definition) is 1. The quantitative estimate of drug-likeness (QED) is 0.849. The molecule has 1 heterocycles. The maximum absolute atomic E-state index is 12.5. The van der Waals surface area contributed by atoms with E-state index in [4.69, 9.17) is 5.73 Å². The van der Waals surface area contributed by atoms with E-state index in [1.54, 1.807) is 25.2 Å². The summed E-state index contributed by atoms with van der Waals surface area (Å²) >= 11 is 0. The van der Waals surface area contributed by atoms with Crippen LogP contribution in [0.15, 0.2) is 29.2 Å². The topological polar surface area (TPSA) is 66.6 Å². The van der Waals surface area contributed by atoms with Crippen LogP contribution in [0.1, 0.15) is 12.8 Å². The third-order valence-corrected chi connectivity index (χ3v) is 5.74. The van der Waals surface area contributed by atoms with Crippen LogP contribution in [-0.2, 0) is 10.0 Å². The SMILES string of the molecule is CN1CCC(CN(C)S(=O)(=O)c2cccc(N)c2)CC1. The van der Waals surface area contributed by atoms with E-state index in [2.05, 4.69) is 11.9 Å². The highest BCUT2D eigenvalue weighted by atomic mass is 32.2. The summed E-state index contributed by atoms with van der Waals surface area (Å²) in [6.45, 7) is 2.65. The zero-order valence-electron chi connectivity index (χ0n) is 12.1. The van der Waals surface area contributed by atoms with Crippen molar-refractivity contribution in [1.29, 1.82) is 0 Å². The maximum atomic E-state index is 12.5. The third-order valence-electron chi connectivity index (χ3n) is 3.92. The molecular formula is C14H23N3O2S. The fraction of sp³-hybridized carbons (Fsp3) is 0.571. The lowest BCUT2D eigenvalue weighted by Crippen LogP contribution is -2.37. The molecular weight excluding hydrogens is 274 g/mol. The summed E-state index contributed by atoms with van der Waals surface area (Å²) in [5, 5.41) is 0. The molecule has 5 nitrogen and oxygen atoms in total. The van der Waals surface area contributed by atoms with Gasteiger partial charge < -0.3 is 10.6 Å². The second kappa shape index (κ2) is 6.11. The van der Waals surface area contributed by atoms with Crippen LogP contribution in [0.3, 0.4) is 0 Å². The Balaban J connectivity index is 2.06. The Morgan fingerprint density at radius 2 is 2.00 bits per heavy atom. The van der Waals surface area contributed by atoms with E-state index in [0.29, 0.717) is 18.2 Å². The van der Waals surface area contributed by atoms with Crippen LogP contribution in [0.4, 0.5) is 5.69 Å². The fourth-order valence-electron chi connectivity index (χ4n) is 2.56. The molecule has 6 heteroatoms. The molecule has 0 spiro atoms. The number of sulfonamides is 1. The van der Waals surface area contributed by atoms with Crippen LogP contribution < -0.4 is 5.73 Å². The third kappa shape index (κ3) is 3.50. The van der Waals surface area contributed by atoms with Crippen LogP contribution in [0, 0.1) is 5.92 Å². The Labute approximate surface area is 121 Å². The Morgan fingerprint density at radius 3 is 2.60 bits per heavy atom. The van der Waals surface area contributed by atoms with Gasteiger partial charge in [-0.05, 0) is 57.1 Å². The monoisotopic (exact) mass is 297 g/mol. The number of nitrogens with two attached hydrogens (primary N) is 1. The highest BCUT2D eigenvalue weighted by molar-refractivity contribution is 7.89. The first-order valence-corrected chi connectivity index (χ1v) is 8.34. The predicted molar refractivity (Wildman–Crippen MR) is 80.9 cm³/mol. The molecule has 1 aromatic rings. The van der Waals surface area contributed by atoms with Crippen molar-refractivity contribution in [1.82, 2.24) is 9.21 Å². The normalized spacial score (nSPS) is 18.6. The van der Waals surface area contributed by atoms with Gasteiger partial charge in [-0.3, -0.25) is 0 Å². The van der Waals surface area contributed by atoms with Gasteiger partial charge in [-0.25, -0.2) is 12.7 Å². The van der Waals surface area contributed by atoms with E-state index >= 15 is 0 Å². The van der Waals surface area contributed by atoms with Crippen molar-refractivity contribution < 1.29 is 8.42 Å². The summed E-state index contributed by atoms with van der Waals surface area (Å²) in [6, 6.07) is 6.47. The largest absolute Gasteiger partial charge is 0.399 e. The molecule has 0 bridgehead atoms. The smallest absolute Gasteiger partial charge is 0.242 e. The minimum atomic E-state index is -3.43. The van der Waals surface area contributed by atoms with Gasteiger partial charge >= 0.3 is 0 Å². The van der Waals surface area contributed by atoms with Crippen LogP contribution in [0.25, 0.3) is 0 Å². The van der Waals surface area contributed by atoms with Crippen molar-refractivity contribution >= 4 is 15.7 Å². The van der Waals surface area contributed by atoms with Gasteiger partial charge in [0.05, 0.1) is 4.90 Å². The Morgan fingerprint density at radius 1 is 1.35 bits per heavy atom. The minimum Gasteiger partial charge on any atom is -0.399 e. The van der Waals surface area contributed by atoms with Crippen LogP contribution >= 0.6 is 0 Å². The molecule has 1 fully saturated rings. The molecule has 1 saturated heterocycles. The molecule has 0 atom stereocenters. The van der Waals surface area contributed by atoms with Crippen molar-refractivity contribution in [2.24, 2.45) is 5.92 Å². The molecule has 1 aromatic carbocycles. The first-order valence-electron chi connectivity index (χ1n) is 6.90. The van der Waals surface area contributed by atoms with Crippen molar-refractivity contribution in [2.45, 2.75) is 17.7 Å². The number of benzene rings is 1. The van der Waals surface area contributed by atoms with Crippen molar-refractivity contribution in [3.8, 4) is 0 Å². The number of nitrogen functional groups attached to an aromatic ring is 1. The fourth-order valence-corrected chi connectivity index (χ4v) is 3.86. The van der Waals surface area contributed by atoms with E-state index in [9.17, 15) is 8.42 Å². The van der Waals surface area contributed by atoms with Gasteiger partial charge in [0.1, 0.15) is 0 Å². The van der Waals surface area contributed by atoms with E-state index in [0.717, 1.165) is 25.9 Å². The zero-order chi connectivity index (χ0) is 14.8. The predicted octanol–water partition coefficient (Wildman–Crippen LogP) is 1.23. The average Bonchev–Trinajstić information content (AvgIpc) is 2.41. The van der Waals surface area contributed by atoms with E-state index < -0.39 is 10.0 Å². The molecule has 0 saturated carbocycles. The second-order valence-corrected chi connectivity index (χ2v) is 7.65. The molecule has 0 amide bonds. The van der Waals surface area contributed by atoms with E-state index in [-0.39, 0.29) is 4.90 Å². The Hall–Kier alpha value is -1.11. The lowest BCUT2D eigenvalue weighted by Gasteiger charge is -2.31. The van der Waals surface area contributed by atoms with Crippen molar-refractivity contribution in [3.05, 3.63) is 24.3 Å². The molecule has 0 aliphatic carbocycles. The molecule has 0 aromatic heterocycles. The van der Waals surface area contributed by atoms with Crippen molar-refractivity contribution in [3.63, 3.8) is 0 Å². The molecule has 2 N–H and O–H groups in total. The molecule has 112 valence electrons. The van der Waals surface area contributed by atoms with E-state index in [1.165, 1.54) is 10.4 Å². The first kappa shape index (κ1) is 15.3. The Kier molecular flexibility index (Phi) is 4.67. The van der Waals surface area contributed by atoms with Crippen LogP contribution in [0.5, 0.6) is 0 Å². The summed E-state index contributed by atoms with van der Waals surface area (Å²) in [4.78, 5) is 2.55. The maximum Gasteiger partial charge on any atom is 0.242 e. The summed E-state index contributed by atoms with van der Waals surface area (Å²) in [7, 11) is 0.316. The minimum absolute atomic E-state index is 0.271. The van der Waals surface area contributed by atoms with E-state index in [1.807, 2.05) is 0 Å². The lowest BCUT2D eigenvalue weighted by molar-refractivity contribution is 0.202. The molecule has 1 aliphatic rings. The van der Waals surface area contributed by atoms with Crippen LogP contribution in [-0.4, -0.2) is 51.4 Å². The number of hydrogen-bond acceptors (Lipinski definition) is 4. The lowest BCUT2D eigenvalue weighted by atomic mass is 9.97. The number of piperidine rings is 1. The highest BCUT2D eigenvalue weighted by Crippen LogP contribution is 2.22. The molecule has 0 unspecified atom stereocenters. The van der Waals surface area contributed by atoms with Crippen LogP contribution in [0.2, 0.25) is 0 Å². The number of likely N-dealkylation sites (tertiary alicyclic amines) is 1. The van der Waals surface area contributed by atoms with Gasteiger partial charge in [0, 0.05) is 19.3 Å². The Bertz CT molecular complexity index is 551. The van der Waals surface area contributed by atoms with Crippen molar-refractivity contribution in [2.75, 3.05) is 39.5 Å². The van der Waals surface area contributed by atoms with Gasteiger partial charge in [-0.1, -0.05) is 6.07 Å². The number of nitrogens with zero attached hydrogens (tertiary/aromatic N) is 2. The standard InChI is InChI=1S/C14H23N3O2S/c1-16-8-6-12(7-9-16)11-17(2)20(18,19)14-5-3-4-13(15)10-14/h3-5,10,12H,6-9,11,15H2,1-2H3. The summed E-state index contributed by atoms with van der Waals surface area (Å²) < 4.78 is 26.4.